The molecule has 0 aromatic rings. The summed E-state index contributed by atoms with van der Waals surface area (Å²) in [5, 5.41) is 8.38. The maximum absolute atomic E-state index is 8.38. The van der Waals surface area contributed by atoms with Crippen LogP contribution in [0.5, 0.6) is 0 Å². The molecule has 0 fully saturated rings. The molecule has 0 bridgehead atoms. The Balaban J connectivity index is 2.31. The van der Waals surface area contributed by atoms with Crippen LogP contribution in [0.3, 0.4) is 0 Å². The highest BCUT2D eigenvalue weighted by Gasteiger charge is 2.18. The first-order valence-electron chi connectivity index (χ1n) is 4.78. The largest absolute Gasteiger partial charge is 0.479 e. The number of nitriles is 1. The van der Waals surface area contributed by atoms with Crippen LogP contribution in [0, 0.1) is 17.2 Å². The molecule has 0 unspecified atom stereocenters. The van der Waals surface area contributed by atoms with E-state index < -0.39 is 0 Å². The van der Waals surface area contributed by atoms with E-state index in [9.17, 15) is 0 Å². The molecule has 0 N–H and O–H groups in total. The summed E-state index contributed by atoms with van der Waals surface area (Å²) in [6, 6.07) is 2.42. The van der Waals surface area contributed by atoms with Crippen LogP contribution in [-0.4, -0.2) is 18.5 Å². The molecule has 0 radical (unpaired) electrons. The summed E-state index contributed by atoms with van der Waals surface area (Å²) in [5.74, 6) is 1.43. The van der Waals surface area contributed by atoms with E-state index in [1.807, 2.05) is 0 Å². The van der Waals surface area contributed by atoms with Gasteiger partial charge in [-0.1, -0.05) is 13.8 Å². The molecule has 0 saturated carbocycles. The van der Waals surface area contributed by atoms with Gasteiger partial charge >= 0.3 is 0 Å². The molecule has 0 aromatic carbocycles. The average Bonchev–Trinajstić information content (AvgIpc) is 2.48. The van der Waals surface area contributed by atoms with Gasteiger partial charge in [0.1, 0.15) is 6.61 Å². The van der Waals surface area contributed by atoms with Crippen molar-refractivity contribution in [2.24, 2.45) is 10.9 Å². The van der Waals surface area contributed by atoms with Crippen molar-refractivity contribution in [1.29, 1.82) is 5.26 Å². The van der Waals surface area contributed by atoms with Crippen LogP contribution >= 0.6 is 0 Å². The van der Waals surface area contributed by atoms with Crippen molar-refractivity contribution in [2.75, 3.05) is 6.61 Å². The lowest BCUT2D eigenvalue weighted by atomic mass is 10.1. The summed E-state index contributed by atoms with van der Waals surface area (Å²) in [4.78, 5) is 4.41. The van der Waals surface area contributed by atoms with Gasteiger partial charge in [-0.3, -0.25) is 0 Å². The standard InChI is InChI=1S/C10H16N2O/c1-8(2)6-9-7-13-10(12-9)4-3-5-11/h8-9H,3-4,6-7H2,1-2H3/t9-/m0/s1. The zero-order valence-corrected chi connectivity index (χ0v) is 8.29. The molecule has 0 saturated heterocycles. The van der Waals surface area contributed by atoms with Crippen molar-refractivity contribution in [1.82, 2.24) is 0 Å². The molecular weight excluding hydrogens is 164 g/mol. The van der Waals surface area contributed by atoms with Crippen LogP contribution in [0.25, 0.3) is 0 Å². The van der Waals surface area contributed by atoms with E-state index in [0.29, 0.717) is 31.4 Å². The monoisotopic (exact) mass is 180 g/mol. The van der Waals surface area contributed by atoms with E-state index >= 15 is 0 Å². The predicted molar refractivity (Wildman–Crippen MR) is 51.5 cm³/mol. The Kier molecular flexibility index (Phi) is 3.75. The maximum atomic E-state index is 8.38. The fourth-order valence-corrected chi connectivity index (χ4v) is 1.44. The predicted octanol–water partition coefficient (Wildman–Crippen LogP) is 2.13. The van der Waals surface area contributed by atoms with Crippen molar-refractivity contribution < 1.29 is 4.74 Å². The lowest BCUT2D eigenvalue weighted by molar-refractivity contribution is 0.295. The Morgan fingerprint density at radius 1 is 1.69 bits per heavy atom. The first kappa shape index (κ1) is 10.0. The molecule has 72 valence electrons. The highest BCUT2D eigenvalue weighted by molar-refractivity contribution is 5.77. The summed E-state index contributed by atoms with van der Waals surface area (Å²) in [5.41, 5.74) is 0. The molecule has 1 aliphatic rings. The smallest absolute Gasteiger partial charge is 0.184 e. The maximum Gasteiger partial charge on any atom is 0.184 e. The summed E-state index contributed by atoms with van der Waals surface area (Å²) in [6.07, 6.45) is 2.26. The summed E-state index contributed by atoms with van der Waals surface area (Å²) in [6.45, 7) is 5.07. The molecule has 1 rings (SSSR count). The Morgan fingerprint density at radius 2 is 2.46 bits per heavy atom. The zero-order chi connectivity index (χ0) is 9.68. The van der Waals surface area contributed by atoms with Gasteiger partial charge in [0.2, 0.25) is 0 Å². The summed E-state index contributed by atoms with van der Waals surface area (Å²) >= 11 is 0. The third kappa shape index (κ3) is 3.45. The van der Waals surface area contributed by atoms with Crippen molar-refractivity contribution in [3.05, 3.63) is 0 Å². The van der Waals surface area contributed by atoms with Gasteiger partial charge in [0.05, 0.1) is 12.1 Å². The Labute approximate surface area is 79.4 Å². The van der Waals surface area contributed by atoms with Gasteiger partial charge in [-0.15, -0.1) is 0 Å². The Hall–Kier alpha value is -1.04. The molecular formula is C10H16N2O. The molecule has 0 aromatic heterocycles. The van der Waals surface area contributed by atoms with Crippen molar-refractivity contribution >= 4 is 5.90 Å². The number of hydrogen-bond donors (Lipinski definition) is 0. The van der Waals surface area contributed by atoms with Gasteiger partial charge in [-0.2, -0.15) is 5.26 Å². The van der Waals surface area contributed by atoms with E-state index in [0.717, 1.165) is 12.3 Å². The Bertz CT molecular complexity index is 228. The number of ether oxygens (including phenoxy) is 1. The van der Waals surface area contributed by atoms with Crippen molar-refractivity contribution in [3.8, 4) is 6.07 Å². The van der Waals surface area contributed by atoms with Gasteiger partial charge in [0.15, 0.2) is 5.90 Å². The molecule has 3 heteroatoms. The first-order chi connectivity index (χ1) is 6.22. The normalized spacial score (nSPS) is 21.1. The van der Waals surface area contributed by atoms with Crippen LogP contribution in [-0.2, 0) is 4.74 Å². The molecule has 13 heavy (non-hydrogen) atoms. The second kappa shape index (κ2) is 4.86. The van der Waals surface area contributed by atoms with Crippen LogP contribution in [0.1, 0.15) is 33.1 Å². The second-order valence-corrected chi connectivity index (χ2v) is 3.78. The van der Waals surface area contributed by atoms with Gasteiger partial charge in [-0.05, 0) is 12.3 Å². The van der Waals surface area contributed by atoms with Crippen LogP contribution in [0.2, 0.25) is 0 Å². The highest BCUT2D eigenvalue weighted by atomic mass is 16.5. The van der Waals surface area contributed by atoms with Crippen LogP contribution < -0.4 is 0 Å². The average molecular weight is 180 g/mol. The number of hydrogen-bond acceptors (Lipinski definition) is 3. The molecule has 0 amide bonds. The van der Waals surface area contributed by atoms with E-state index in [1.54, 1.807) is 0 Å². The SMILES string of the molecule is CC(C)C[C@H]1COC(CCC#N)=N1. The lowest BCUT2D eigenvalue weighted by Gasteiger charge is -2.06. The number of nitrogens with zero attached hydrogens (tertiary/aromatic N) is 2. The zero-order valence-electron chi connectivity index (χ0n) is 8.29. The van der Waals surface area contributed by atoms with E-state index in [1.165, 1.54) is 0 Å². The third-order valence-electron chi connectivity index (χ3n) is 1.96. The van der Waals surface area contributed by atoms with E-state index in [-0.39, 0.29) is 0 Å². The van der Waals surface area contributed by atoms with Gasteiger partial charge < -0.3 is 4.74 Å². The van der Waals surface area contributed by atoms with Gasteiger partial charge in [0, 0.05) is 12.8 Å². The summed E-state index contributed by atoms with van der Waals surface area (Å²) < 4.78 is 5.37. The lowest BCUT2D eigenvalue weighted by Crippen LogP contribution is -2.09. The second-order valence-electron chi connectivity index (χ2n) is 3.78. The fourth-order valence-electron chi connectivity index (χ4n) is 1.44. The van der Waals surface area contributed by atoms with Gasteiger partial charge in [-0.25, -0.2) is 4.99 Å². The minimum atomic E-state index is 0.327. The topological polar surface area (TPSA) is 45.4 Å². The molecule has 1 heterocycles. The minimum Gasteiger partial charge on any atom is -0.479 e. The van der Waals surface area contributed by atoms with Crippen LogP contribution in [0.15, 0.2) is 4.99 Å². The molecule has 0 spiro atoms. The van der Waals surface area contributed by atoms with Gasteiger partial charge in [0.25, 0.3) is 0 Å². The van der Waals surface area contributed by atoms with E-state index in [2.05, 4.69) is 24.9 Å². The van der Waals surface area contributed by atoms with Crippen molar-refractivity contribution in [2.45, 2.75) is 39.2 Å². The quantitative estimate of drug-likeness (QED) is 0.665. The number of rotatable bonds is 4. The molecule has 1 atom stereocenters. The van der Waals surface area contributed by atoms with Crippen LogP contribution in [0.4, 0.5) is 0 Å². The summed E-state index contributed by atoms with van der Waals surface area (Å²) in [7, 11) is 0. The molecule has 1 aliphatic heterocycles. The first-order valence-corrected chi connectivity index (χ1v) is 4.78. The number of aliphatic imine (C=N–C) groups is 1. The Morgan fingerprint density at radius 3 is 3.08 bits per heavy atom. The third-order valence-corrected chi connectivity index (χ3v) is 1.96. The molecule has 3 nitrogen and oxygen atoms in total. The minimum absolute atomic E-state index is 0.327. The fraction of sp³-hybridized carbons (Fsp3) is 0.800. The van der Waals surface area contributed by atoms with Crippen molar-refractivity contribution in [3.63, 3.8) is 0 Å². The molecule has 0 aliphatic carbocycles. The highest BCUT2D eigenvalue weighted by Crippen LogP contribution is 2.15. The van der Waals surface area contributed by atoms with E-state index in [4.69, 9.17) is 10.00 Å².